The van der Waals surface area contributed by atoms with E-state index in [1.165, 1.54) is 0 Å². The van der Waals surface area contributed by atoms with E-state index in [1.807, 2.05) is 18.3 Å². The van der Waals surface area contributed by atoms with Gasteiger partial charge in [-0.2, -0.15) is 4.98 Å². The zero-order chi connectivity index (χ0) is 22.2. The van der Waals surface area contributed by atoms with Crippen LogP contribution in [0.1, 0.15) is 36.8 Å². The van der Waals surface area contributed by atoms with Crippen LogP contribution in [-0.4, -0.2) is 70.1 Å². The molecule has 0 spiro atoms. The Balaban J connectivity index is 1.40. The van der Waals surface area contributed by atoms with Crippen molar-refractivity contribution in [1.82, 2.24) is 29.7 Å². The summed E-state index contributed by atoms with van der Waals surface area (Å²) >= 11 is 0. The van der Waals surface area contributed by atoms with Gasteiger partial charge in [-0.25, -0.2) is 9.97 Å². The van der Waals surface area contributed by atoms with Gasteiger partial charge in [0.1, 0.15) is 17.2 Å². The van der Waals surface area contributed by atoms with Gasteiger partial charge in [0.05, 0.1) is 17.9 Å². The minimum Gasteiger partial charge on any atom is -0.368 e. The van der Waals surface area contributed by atoms with Crippen LogP contribution >= 0.6 is 0 Å². The van der Waals surface area contributed by atoms with Crippen molar-refractivity contribution in [3.8, 4) is 0 Å². The summed E-state index contributed by atoms with van der Waals surface area (Å²) in [4.78, 5) is 30.9. The molecule has 9 heteroatoms. The van der Waals surface area contributed by atoms with E-state index in [4.69, 9.17) is 4.98 Å². The molecule has 3 aromatic rings. The maximum absolute atomic E-state index is 12.5. The van der Waals surface area contributed by atoms with Gasteiger partial charge in [0.15, 0.2) is 0 Å². The van der Waals surface area contributed by atoms with Gasteiger partial charge in [-0.3, -0.25) is 4.79 Å². The number of carbonyl (C=O) groups is 1. The summed E-state index contributed by atoms with van der Waals surface area (Å²) in [5, 5.41) is 7.11. The molecule has 2 N–H and O–H groups in total. The molecule has 0 aromatic carbocycles. The van der Waals surface area contributed by atoms with Gasteiger partial charge in [-0.15, -0.1) is 0 Å². The van der Waals surface area contributed by atoms with Crippen molar-refractivity contribution in [1.29, 1.82) is 0 Å². The number of amides is 1. The fourth-order valence-corrected chi connectivity index (χ4v) is 4.51. The van der Waals surface area contributed by atoms with E-state index in [0.29, 0.717) is 29.9 Å². The number of hydrogen-bond donors (Lipinski definition) is 2. The highest BCUT2D eigenvalue weighted by molar-refractivity contribution is 5.98. The van der Waals surface area contributed by atoms with Crippen LogP contribution in [0.15, 0.2) is 30.6 Å². The fraction of sp³-hybridized carbons (Fsp3) is 0.478. The van der Waals surface area contributed by atoms with Crippen LogP contribution in [0.5, 0.6) is 0 Å². The molecule has 5 heterocycles. The minimum absolute atomic E-state index is 0.0572. The highest BCUT2D eigenvalue weighted by Crippen LogP contribution is 2.31. The lowest BCUT2D eigenvalue weighted by atomic mass is 9.97. The predicted molar refractivity (Wildman–Crippen MR) is 126 cm³/mol. The number of rotatable bonds is 5. The largest absolute Gasteiger partial charge is 0.368 e. The Morgan fingerprint density at radius 1 is 1.19 bits per heavy atom. The van der Waals surface area contributed by atoms with Gasteiger partial charge in [0, 0.05) is 44.3 Å². The number of nitrogens with zero attached hydrogens (tertiary/aromatic N) is 6. The number of carbonyl (C=O) groups excluding carboxylic acids is 1. The quantitative estimate of drug-likeness (QED) is 0.638. The average molecular weight is 435 g/mol. The molecule has 32 heavy (non-hydrogen) atoms. The zero-order valence-corrected chi connectivity index (χ0v) is 18.9. The molecule has 0 radical (unpaired) electrons. The second-order valence-corrected chi connectivity index (χ2v) is 8.85. The van der Waals surface area contributed by atoms with Crippen molar-refractivity contribution >= 4 is 34.4 Å². The molecule has 1 unspecified atom stereocenters. The maximum Gasteiger partial charge on any atom is 0.268 e. The number of anilines is 3. The number of hydrogen-bond acceptors (Lipinski definition) is 7. The molecule has 0 aliphatic carbocycles. The zero-order valence-electron chi connectivity index (χ0n) is 18.9. The van der Waals surface area contributed by atoms with Crippen LogP contribution < -0.4 is 15.5 Å². The molecule has 2 aliphatic heterocycles. The van der Waals surface area contributed by atoms with Crippen LogP contribution in [0.25, 0.3) is 11.0 Å². The molecular formula is C23H30N8O. The van der Waals surface area contributed by atoms with Gasteiger partial charge < -0.3 is 25.0 Å². The topological polar surface area (TPSA) is 91.2 Å². The second kappa shape index (κ2) is 8.38. The van der Waals surface area contributed by atoms with Gasteiger partial charge in [0.25, 0.3) is 5.91 Å². The van der Waals surface area contributed by atoms with Crippen molar-refractivity contribution in [3.63, 3.8) is 0 Å². The Bertz CT molecular complexity index is 1120. The first-order valence-corrected chi connectivity index (χ1v) is 11.4. The third-order valence-electron chi connectivity index (χ3n) is 6.77. The molecular weight excluding hydrogens is 404 g/mol. The minimum atomic E-state index is -0.0572. The molecule has 168 valence electrons. The van der Waals surface area contributed by atoms with Crippen LogP contribution in [0, 0.1) is 5.92 Å². The Morgan fingerprint density at radius 3 is 2.72 bits per heavy atom. The molecule has 3 aromatic heterocycles. The first kappa shape index (κ1) is 20.7. The third kappa shape index (κ3) is 3.77. The van der Waals surface area contributed by atoms with E-state index in [2.05, 4.69) is 61.9 Å². The van der Waals surface area contributed by atoms with E-state index in [0.717, 1.165) is 49.3 Å². The first-order valence-electron chi connectivity index (χ1n) is 11.4. The van der Waals surface area contributed by atoms with Crippen LogP contribution in [0.4, 0.5) is 17.5 Å². The summed E-state index contributed by atoms with van der Waals surface area (Å²) in [7, 11) is 2.15. The van der Waals surface area contributed by atoms with Crippen molar-refractivity contribution in [2.24, 2.45) is 5.92 Å². The van der Waals surface area contributed by atoms with Crippen LogP contribution in [0.2, 0.25) is 0 Å². The summed E-state index contributed by atoms with van der Waals surface area (Å²) in [6.07, 6.45) is 4.70. The van der Waals surface area contributed by atoms with Crippen molar-refractivity contribution in [2.75, 3.05) is 50.0 Å². The van der Waals surface area contributed by atoms with Crippen LogP contribution in [0.3, 0.4) is 0 Å². The predicted octanol–water partition coefficient (Wildman–Crippen LogP) is 2.65. The van der Waals surface area contributed by atoms with Gasteiger partial charge in [-0.1, -0.05) is 20.3 Å². The van der Waals surface area contributed by atoms with Crippen LogP contribution in [-0.2, 0) is 0 Å². The monoisotopic (exact) mass is 434 g/mol. The number of fused-ring (bicyclic) bond motifs is 3. The van der Waals surface area contributed by atoms with Gasteiger partial charge >= 0.3 is 0 Å². The Morgan fingerprint density at radius 2 is 2.00 bits per heavy atom. The van der Waals surface area contributed by atoms with Crippen molar-refractivity contribution < 1.29 is 4.79 Å². The first-order chi connectivity index (χ1) is 15.5. The molecule has 9 nitrogen and oxygen atoms in total. The number of piperazine rings is 1. The molecule has 5 rings (SSSR count). The highest BCUT2D eigenvalue weighted by atomic mass is 16.2. The summed E-state index contributed by atoms with van der Waals surface area (Å²) in [6, 6.07) is 6.10. The highest BCUT2D eigenvalue weighted by Gasteiger charge is 2.30. The molecule has 1 fully saturated rings. The lowest BCUT2D eigenvalue weighted by Crippen LogP contribution is -2.44. The van der Waals surface area contributed by atoms with Gasteiger partial charge in [0.2, 0.25) is 5.95 Å². The fourth-order valence-electron chi connectivity index (χ4n) is 4.51. The number of pyridine rings is 1. The Kier molecular flexibility index (Phi) is 5.42. The number of aromatic nitrogens is 4. The van der Waals surface area contributed by atoms with E-state index in [-0.39, 0.29) is 11.9 Å². The maximum atomic E-state index is 12.5. The summed E-state index contributed by atoms with van der Waals surface area (Å²) in [6.45, 7) is 9.14. The average Bonchev–Trinajstić information content (AvgIpc) is 3.20. The SMILES string of the molecule is CCC(C)[C@@H]1CNC(=O)c2cc3cnc(Nc4ccc(N5CCN(C)CC5)cn4)nc3n21. The third-order valence-corrected chi connectivity index (χ3v) is 6.77. The second-order valence-electron chi connectivity index (χ2n) is 8.85. The Hall–Kier alpha value is -3.20. The van der Waals surface area contributed by atoms with Gasteiger partial charge in [-0.05, 0) is 31.2 Å². The summed E-state index contributed by atoms with van der Waals surface area (Å²) < 4.78 is 2.08. The smallest absolute Gasteiger partial charge is 0.268 e. The lowest BCUT2D eigenvalue weighted by Gasteiger charge is -2.33. The summed E-state index contributed by atoms with van der Waals surface area (Å²) in [5.74, 6) is 1.54. The Labute approximate surface area is 187 Å². The van der Waals surface area contributed by atoms with E-state index < -0.39 is 0 Å². The van der Waals surface area contributed by atoms with E-state index in [1.54, 1.807) is 6.20 Å². The molecule has 0 bridgehead atoms. The molecule has 1 amide bonds. The lowest BCUT2D eigenvalue weighted by molar-refractivity contribution is 0.0904. The van der Waals surface area contributed by atoms with E-state index >= 15 is 0 Å². The number of likely N-dealkylation sites (N-methyl/N-ethyl adjacent to an activating group) is 1. The molecule has 2 aliphatic rings. The standard InChI is InChI=1S/C23H30N8O/c1-4-15(2)19-14-25-22(32)18-11-16-12-26-23(28-21(16)31(18)19)27-20-6-5-17(13-24-20)30-9-7-29(3)8-10-30/h5-6,11-13,15,19H,4,7-10,14H2,1-3H3,(H,25,32)(H,24,26,27,28)/t15?,19-/m0/s1. The van der Waals surface area contributed by atoms with Crippen molar-refractivity contribution in [2.45, 2.75) is 26.3 Å². The normalized spacial score (nSPS) is 20.2. The molecule has 1 saturated heterocycles. The molecule has 2 atom stereocenters. The molecule has 0 saturated carbocycles. The van der Waals surface area contributed by atoms with E-state index in [9.17, 15) is 4.79 Å². The van der Waals surface area contributed by atoms with Crippen molar-refractivity contribution in [3.05, 3.63) is 36.3 Å². The summed E-state index contributed by atoms with van der Waals surface area (Å²) in [5.41, 5.74) is 2.56. The number of nitrogens with one attached hydrogen (secondary N) is 2.